The maximum atomic E-state index is 5.79. The quantitative estimate of drug-likeness (QED) is 0.739. The molecule has 0 bridgehead atoms. The molecule has 3 heteroatoms. The number of nitrogens with zero attached hydrogens (tertiary/aromatic N) is 1. The molecule has 0 aliphatic heterocycles. The van der Waals surface area contributed by atoms with E-state index < -0.39 is 0 Å². The molecule has 0 amide bonds. The van der Waals surface area contributed by atoms with Gasteiger partial charge in [0.25, 0.3) is 0 Å². The van der Waals surface area contributed by atoms with Crippen molar-refractivity contribution in [3.8, 4) is 22.3 Å². The maximum absolute atomic E-state index is 5.79. The third-order valence-electron chi connectivity index (χ3n) is 2.90. The molecule has 1 aromatic heterocycles. The van der Waals surface area contributed by atoms with Crippen LogP contribution in [0.1, 0.15) is 0 Å². The molecule has 2 N–H and O–H groups in total. The van der Waals surface area contributed by atoms with Crippen LogP contribution in [0.4, 0.5) is 5.88 Å². The summed E-state index contributed by atoms with van der Waals surface area (Å²) in [5.41, 5.74) is 9.91. The molecular formula is C15H12N2O. The summed E-state index contributed by atoms with van der Waals surface area (Å²) in [6.07, 6.45) is 1.65. The van der Waals surface area contributed by atoms with Crippen LogP contribution in [0.15, 0.2) is 65.3 Å². The predicted octanol–water partition coefficient (Wildman–Crippen LogP) is 3.59. The summed E-state index contributed by atoms with van der Waals surface area (Å²) in [5.74, 6) is 0.346. The highest BCUT2D eigenvalue weighted by atomic mass is 16.5. The minimum Gasteiger partial charge on any atom is -0.367 e. The van der Waals surface area contributed by atoms with Crippen molar-refractivity contribution in [2.75, 3.05) is 5.73 Å². The molecule has 0 aliphatic carbocycles. The highest BCUT2D eigenvalue weighted by molar-refractivity contribution is 5.86. The maximum Gasteiger partial charge on any atom is 0.229 e. The molecule has 0 saturated heterocycles. The molecule has 0 fully saturated rings. The Morgan fingerprint density at radius 1 is 0.778 bits per heavy atom. The van der Waals surface area contributed by atoms with E-state index in [4.69, 9.17) is 10.3 Å². The van der Waals surface area contributed by atoms with Crippen molar-refractivity contribution in [2.45, 2.75) is 0 Å². The Morgan fingerprint density at radius 3 is 2.11 bits per heavy atom. The van der Waals surface area contributed by atoms with E-state index in [2.05, 4.69) is 23.4 Å². The molecule has 2 aromatic carbocycles. The Morgan fingerprint density at radius 2 is 1.44 bits per heavy atom. The van der Waals surface area contributed by atoms with E-state index in [1.807, 2.05) is 36.4 Å². The lowest BCUT2D eigenvalue weighted by molar-refractivity contribution is 0.436. The van der Waals surface area contributed by atoms with Gasteiger partial charge in [0.2, 0.25) is 5.88 Å². The molecule has 88 valence electrons. The van der Waals surface area contributed by atoms with Crippen LogP contribution in [-0.4, -0.2) is 5.16 Å². The molecule has 0 spiro atoms. The van der Waals surface area contributed by atoms with Crippen molar-refractivity contribution < 1.29 is 4.52 Å². The number of anilines is 1. The van der Waals surface area contributed by atoms with Crippen LogP contribution in [-0.2, 0) is 0 Å². The normalized spacial score (nSPS) is 10.4. The molecular weight excluding hydrogens is 224 g/mol. The predicted molar refractivity (Wildman–Crippen MR) is 71.8 cm³/mol. The smallest absolute Gasteiger partial charge is 0.229 e. The number of hydrogen-bond acceptors (Lipinski definition) is 3. The Labute approximate surface area is 105 Å². The molecule has 3 nitrogen and oxygen atoms in total. The summed E-state index contributed by atoms with van der Waals surface area (Å²) in [4.78, 5) is 0. The lowest BCUT2D eigenvalue weighted by Gasteiger charge is -2.08. The van der Waals surface area contributed by atoms with Crippen LogP contribution in [0.25, 0.3) is 22.3 Å². The van der Waals surface area contributed by atoms with Gasteiger partial charge in [0, 0.05) is 0 Å². The number of nitrogens with two attached hydrogens (primary N) is 1. The fourth-order valence-corrected chi connectivity index (χ4v) is 2.04. The summed E-state index contributed by atoms with van der Waals surface area (Å²) in [7, 11) is 0. The van der Waals surface area contributed by atoms with Gasteiger partial charge < -0.3 is 10.3 Å². The van der Waals surface area contributed by atoms with Gasteiger partial charge in [0.1, 0.15) is 0 Å². The molecule has 0 aliphatic rings. The Bertz CT molecular complexity index is 659. The first kappa shape index (κ1) is 10.6. The number of benzene rings is 2. The molecule has 18 heavy (non-hydrogen) atoms. The van der Waals surface area contributed by atoms with Crippen molar-refractivity contribution in [2.24, 2.45) is 0 Å². The van der Waals surface area contributed by atoms with Crippen molar-refractivity contribution in [3.63, 3.8) is 0 Å². The van der Waals surface area contributed by atoms with Gasteiger partial charge in [-0.3, -0.25) is 0 Å². The summed E-state index contributed by atoms with van der Waals surface area (Å²) >= 11 is 0. The molecule has 0 saturated carbocycles. The monoisotopic (exact) mass is 236 g/mol. The van der Waals surface area contributed by atoms with Gasteiger partial charge in [0.15, 0.2) is 0 Å². The van der Waals surface area contributed by atoms with Crippen LogP contribution in [0.3, 0.4) is 0 Å². The Balaban J connectivity index is 2.21. The standard InChI is InChI=1S/C15H12N2O/c16-15-14(10-17-18-15)13-9-5-4-8-12(13)11-6-2-1-3-7-11/h1-10H,16H2. The van der Waals surface area contributed by atoms with E-state index in [1.165, 1.54) is 0 Å². The molecule has 3 aromatic rings. The van der Waals surface area contributed by atoms with Gasteiger partial charge in [0.05, 0.1) is 11.8 Å². The van der Waals surface area contributed by atoms with Crippen LogP contribution in [0.5, 0.6) is 0 Å². The number of rotatable bonds is 2. The fraction of sp³-hybridized carbons (Fsp3) is 0. The first-order chi connectivity index (χ1) is 8.86. The van der Waals surface area contributed by atoms with Crippen molar-refractivity contribution in [1.82, 2.24) is 5.16 Å². The third kappa shape index (κ3) is 1.76. The first-order valence-electron chi connectivity index (χ1n) is 5.71. The van der Waals surface area contributed by atoms with Crippen molar-refractivity contribution in [3.05, 3.63) is 60.8 Å². The minimum absolute atomic E-state index is 0.346. The van der Waals surface area contributed by atoms with Crippen LogP contribution in [0, 0.1) is 0 Å². The van der Waals surface area contributed by atoms with Crippen molar-refractivity contribution >= 4 is 5.88 Å². The topological polar surface area (TPSA) is 52.0 Å². The van der Waals surface area contributed by atoms with Gasteiger partial charge in [-0.2, -0.15) is 0 Å². The largest absolute Gasteiger partial charge is 0.367 e. The Hall–Kier alpha value is -2.55. The number of aromatic nitrogens is 1. The molecule has 1 heterocycles. The van der Waals surface area contributed by atoms with E-state index in [0.29, 0.717) is 5.88 Å². The fourth-order valence-electron chi connectivity index (χ4n) is 2.04. The van der Waals surface area contributed by atoms with Gasteiger partial charge in [-0.1, -0.05) is 59.8 Å². The molecule has 0 atom stereocenters. The lowest BCUT2D eigenvalue weighted by Crippen LogP contribution is -1.88. The zero-order valence-electron chi connectivity index (χ0n) is 9.71. The SMILES string of the molecule is Nc1oncc1-c1ccccc1-c1ccccc1. The molecule has 3 rings (SSSR count). The lowest BCUT2D eigenvalue weighted by atomic mass is 9.96. The van der Waals surface area contributed by atoms with E-state index in [-0.39, 0.29) is 0 Å². The second kappa shape index (κ2) is 4.37. The average Bonchev–Trinajstić information content (AvgIpc) is 2.86. The van der Waals surface area contributed by atoms with E-state index >= 15 is 0 Å². The second-order valence-electron chi connectivity index (χ2n) is 4.02. The summed E-state index contributed by atoms with van der Waals surface area (Å²) in [5, 5.41) is 3.73. The van der Waals surface area contributed by atoms with E-state index in [0.717, 1.165) is 22.3 Å². The third-order valence-corrected chi connectivity index (χ3v) is 2.90. The number of hydrogen-bond donors (Lipinski definition) is 1. The summed E-state index contributed by atoms with van der Waals surface area (Å²) in [6, 6.07) is 18.3. The zero-order valence-corrected chi connectivity index (χ0v) is 9.71. The van der Waals surface area contributed by atoms with Gasteiger partial charge in [-0.25, -0.2) is 0 Å². The Kier molecular flexibility index (Phi) is 2.57. The molecule has 0 unspecified atom stereocenters. The average molecular weight is 236 g/mol. The highest BCUT2D eigenvalue weighted by Crippen LogP contribution is 2.34. The van der Waals surface area contributed by atoms with E-state index in [1.54, 1.807) is 6.20 Å². The highest BCUT2D eigenvalue weighted by Gasteiger charge is 2.11. The van der Waals surface area contributed by atoms with Crippen LogP contribution in [0.2, 0.25) is 0 Å². The number of nitrogen functional groups attached to an aromatic ring is 1. The van der Waals surface area contributed by atoms with E-state index in [9.17, 15) is 0 Å². The molecule has 0 radical (unpaired) electrons. The minimum atomic E-state index is 0.346. The van der Waals surface area contributed by atoms with Crippen LogP contribution >= 0.6 is 0 Å². The summed E-state index contributed by atoms with van der Waals surface area (Å²) < 4.78 is 4.94. The van der Waals surface area contributed by atoms with Gasteiger partial charge >= 0.3 is 0 Å². The summed E-state index contributed by atoms with van der Waals surface area (Å²) in [6.45, 7) is 0. The van der Waals surface area contributed by atoms with Crippen molar-refractivity contribution in [1.29, 1.82) is 0 Å². The van der Waals surface area contributed by atoms with Gasteiger partial charge in [-0.05, 0) is 16.7 Å². The zero-order chi connectivity index (χ0) is 12.4. The van der Waals surface area contributed by atoms with Gasteiger partial charge in [-0.15, -0.1) is 0 Å². The van der Waals surface area contributed by atoms with Crippen LogP contribution < -0.4 is 5.73 Å². The second-order valence-corrected chi connectivity index (χ2v) is 4.02. The first-order valence-corrected chi connectivity index (χ1v) is 5.71.